The standard InChI is InChI=1S/C16H18N2O3S2/c1-17-14(19)4-3-9-18-15(20)13(23-16(18)22)10-11-5-7-12(21-2)8-6-11/h5-8,10H,3-4,9H2,1-2H3,(H,17,19)/b13-10-. The summed E-state index contributed by atoms with van der Waals surface area (Å²) >= 11 is 6.55. The highest BCUT2D eigenvalue weighted by Gasteiger charge is 2.31. The Balaban J connectivity index is 2.01. The quantitative estimate of drug-likeness (QED) is 0.631. The number of hydrogen-bond acceptors (Lipinski definition) is 5. The number of nitrogens with zero attached hydrogens (tertiary/aromatic N) is 1. The molecule has 23 heavy (non-hydrogen) atoms. The van der Waals surface area contributed by atoms with Crippen molar-refractivity contribution in [2.75, 3.05) is 20.7 Å². The van der Waals surface area contributed by atoms with Crippen LogP contribution in [0, 0.1) is 0 Å². The van der Waals surface area contributed by atoms with Gasteiger partial charge in [-0.3, -0.25) is 14.5 Å². The maximum Gasteiger partial charge on any atom is 0.266 e. The molecule has 0 aromatic heterocycles. The Morgan fingerprint density at radius 2 is 2.09 bits per heavy atom. The summed E-state index contributed by atoms with van der Waals surface area (Å²) in [5, 5.41) is 2.56. The Bertz CT molecular complexity index is 641. The minimum absolute atomic E-state index is 0.0378. The van der Waals surface area contributed by atoms with Crippen molar-refractivity contribution in [1.82, 2.24) is 10.2 Å². The minimum Gasteiger partial charge on any atom is -0.497 e. The number of carbonyl (C=O) groups excluding carboxylic acids is 2. The molecule has 0 radical (unpaired) electrons. The minimum atomic E-state index is -0.104. The van der Waals surface area contributed by atoms with Crippen molar-refractivity contribution in [2.24, 2.45) is 0 Å². The van der Waals surface area contributed by atoms with Gasteiger partial charge in [-0.15, -0.1) is 0 Å². The SMILES string of the molecule is CNC(=O)CCCN1C(=O)/C(=C/c2ccc(OC)cc2)SC1=S. The van der Waals surface area contributed by atoms with Crippen molar-refractivity contribution < 1.29 is 14.3 Å². The number of hydrogen-bond donors (Lipinski definition) is 1. The van der Waals surface area contributed by atoms with E-state index >= 15 is 0 Å². The Kier molecular flexibility index (Phi) is 6.18. The van der Waals surface area contributed by atoms with Gasteiger partial charge >= 0.3 is 0 Å². The van der Waals surface area contributed by atoms with Gasteiger partial charge in [0.1, 0.15) is 10.1 Å². The van der Waals surface area contributed by atoms with Crippen molar-refractivity contribution in [3.8, 4) is 5.75 Å². The Morgan fingerprint density at radius 1 is 1.39 bits per heavy atom. The van der Waals surface area contributed by atoms with E-state index in [9.17, 15) is 9.59 Å². The predicted molar refractivity (Wildman–Crippen MR) is 96.2 cm³/mol. The molecule has 0 spiro atoms. The number of methoxy groups -OCH3 is 1. The van der Waals surface area contributed by atoms with Gasteiger partial charge in [0.2, 0.25) is 5.91 Å². The summed E-state index contributed by atoms with van der Waals surface area (Å²) in [4.78, 5) is 25.8. The molecule has 1 aromatic carbocycles. The van der Waals surface area contributed by atoms with E-state index in [1.807, 2.05) is 30.3 Å². The molecule has 2 amide bonds. The highest BCUT2D eigenvalue weighted by Crippen LogP contribution is 2.32. The van der Waals surface area contributed by atoms with Gasteiger partial charge in [0.15, 0.2) is 0 Å². The topological polar surface area (TPSA) is 58.6 Å². The van der Waals surface area contributed by atoms with Crippen LogP contribution in [0.5, 0.6) is 5.75 Å². The number of ether oxygens (including phenoxy) is 1. The first kappa shape index (κ1) is 17.5. The van der Waals surface area contributed by atoms with Gasteiger partial charge in [0, 0.05) is 20.0 Å². The fraction of sp³-hybridized carbons (Fsp3) is 0.312. The molecule has 7 heteroatoms. The fourth-order valence-corrected chi connectivity index (χ4v) is 3.38. The maximum absolute atomic E-state index is 12.4. The van der Waals surface area contributed by atoms with Crippen LogP contribution >= 0.6 is 24.0 Å². The number of thioether (sulfide) groups is 1. The van der Waals surface area contributed by atoms with Gasteiger partial charge in [0.05, 0.1) is 12.0 Å². The lowest BCUT2D eigenvalue weighted by Crippen LogP contribution is -2.30. The molecular weight excluding hydrogens is 332 g/mol. The Morgan fingerprint density at radius 3 is 2.70 bits per heavy atom. The second-order valence-corrected chi connectivity index (χ2v) is 6.56. The van der Waals surface area contributed by atoms with Crippen LogP contribution in [0.1, 0.15) is 18.4 Å². The largest absolute Gasteiger partial charge is 0.497 e. The lowest BCUT2D eigenvalue weighted by molar-refractivity contribution is -0.123. The molecule has 0 unspecified atom stereocenters. The van der Waals surface area contributed by atoms with E-state index in [1.165, 1.54) is 11.8 Å². The number of nitrogens with one attached hydrogen (secondary N) is 1. The molecule has 0 aliphatic carbocycles. The molecule has 0 atom stereocenters. The molecule has 0 saturated carbocycles. The van der Waals surface area contributed by atoms with Crippen molar-refractivity contribution in [3.05, 3.63) is 34.7 Å². The van der Waals surface area contributed by atoms with E-state index in [0.717, 1.165) is 11.3 Å². The molecule has 1 aromatic rings. The molecule has 2 rings (SSSR count). The lowest BCUT2D eigenvalue weighted by Gasteiger charge is -2.13. The Labute approximate surface area is 145 Å². The van der Waals surface area contributed by atoms with E-state index in [0.29, 0.717) is 28.6 Å². The van der Waals surface area contributed by atoms with Crippen molar-refractivity contribution in [1.29, 1.82) is 0 Å². The van der Waals surface area contributed by atoms with E-state index in [2.05, 4.69) is 5.32 Å². The summed E-state index contributed by atoms with van der Waals surface area (Å²) in [7, 11) is 3.21. The Hall–Kier alpha value is -1.86. The number of rotatable bonds is 6. The first-order valence-electron chi connectivity index (χ1n) is 7.15. The highest BCUT2D eigenvalue weighted by molar-refractivity contribution is 8.26. The predicted octanol–water partition coefficient (Wildman–Crippen LogP) is 2.42. The molecule has 1 N–H and O–H groups in total. The van der Waals surface area contributed by atoms with Gasteiger partial charge in [-0.25, -0.2) is 0 Å². The third kappa shape index (κ3) is 4.56. The number of carbonyl (C=O) groups is 2. The first-order valence-corrected chi connectivity index (χ1v) is 8.37. The molecular formula is C16H18N2O3S2. The van der Waals surface area contributed by atoms with Crippen LogP contribution in [-0.2, 0) is 9.59 Å². The number of thiocarbonyl (C=S) groups is 1. The molecule has 0 bridgehead atoms. The fourth-order valence-electron chi connectivity index (χ4n) is 2.07. The third-order valence-corrected chi connectivity index (χ3v) is 4.73. The summed E-state index contributed by atoms with van der Waals surface area (Å²) in [6.07, 6.45) is 2.78. The summed E-state index contributed by atoms with van der Waals surface area (Å²) in [6.45, 7) is 0.456. The van der Waals surface area contributed by atoms with Crippen LogP contribution in [-0.4, -0.2) is 41.7 Å². The second kappa shape index (κ2) is 8.12. The first-order chi connectivity index (χ1) is 11.0. The van der Waals surface area contributed by atoms with E-state index < -0.39 is 0 Å². The molecule has 1 fully saturated rings. The van der Waals surface area contributed by atoms with Crippen molar-refractivity contribution in [3.63, 3.8) is 0 Å². The van der Waals surface area contributed by atoms with Crippen LogP contribution in [0.2, 0.25) is 0 Å². The summed E-state index contributed by atoms with van der Waals surface area (Å²) < 4.78 is 5.65. The van der Waals surface area contributed by atoms with Gasteiger partial charge < -0.3 is 10.1 Å². The zero-order chi connectivity index (χ0) is 16.8. The van der Waals surface area contributed by atoms with E-state index in [1.54, 1.807) is 19.1 Å². The average molecular weight is 350 g/mol. The molecule has 5 nitrogen and oxygen atoms in total. The summed E-state index contributed by atoms with van der Waals surface area (Å²) in [5.74, 6) is 0.626. The zero-order valence-electron chi connectivity index (χ0n) is 13.0. The van der Waals surface area contributed by atoms with E-state index in [-0.39, 0.29) is 11.8 Å². The molecule has 1 aliphatic heterocycles. The molecule has 1 saturated heterocycles. The van der Waals surface area contributed by atoms with Gasteiger partial charge in [-0.1, -0.05) is 36.1 Å². The van der Waals surface area contributed by atoms with Crippen LogP contribution < -0.4 is 10.1 Å². The van der Waals surface area contributed by atoms with E-state index in [4.69, 9.17) is 17.0 Å². The van der Waals surface area contributed by atoms with Crippen LogP contribution in [0.3, 0.4) is 0 Å². The smallest absolute Gasteiger partial charge is 0.266 e. The average Bonchev–Trinajstić information content (AvgIpc) is 2.82. The lowest BCUT2D eigenvalue weighted by atomic mass is 10.2. The molecule has 1 aliphatic rings. The molecule has 1 heterocycles. The van der Waals surface area contributed by atoms with Crippen LogP contribution in [0.4, 0.5) is 0 Å². The second-order valence-electron chi connectivity index (χ2n) is 4.88. The monoisotopic (exact) mass is 350 g/mol. The van der Waals surface area contributed by atoms with Crippen molar-refractivity contribution >= 4 is 46.2 Å². The van der Waals surface area contributed by atoms with Crippen molar-refractivity contribution in [2.45, 2.75) is 12.8 Å². The van der Waals surface area contributed by atoms with Crippen LogP contribution in [0.15, 0.2) is 29.2 Å². The summed E-state index contributed by atoms with van der Waals surface area (Å²) in [6, 6.07) is 7.46. The normalized spacial score (nSPS) is 16.1. The van der Waals surface area contributed by atoms with Gasteiger partial charge in [-0.2, -0.15) is 0 Å². The number of benzene rings is 1. The maximum atomic E-state index is 12.4. The van der Waals surface area contributed by atoms with Crippen LogP contribution in [0.25, 0.3) is 6.08 Å². The molecule has 122 valence electrons. The summed E-state index contributed by atoms with van der Waals surface area (Å²) in [5.41, 5.74) is 0.914. The number of amides is 2. The zero-order valence-corrected chi connectivity index (χ0v) is 14.6. The van der Waals surface area contributed by atoms with Gasteiger partial charge in [0.25, 0.3) is 5.91 Å². The highest BCUT2D eigenvalue weighted by atomic mass is 32.2. The third-order valence-electron chi connectivity index (χ3n) is 3.35. The van der Waals surface area contributed by atoms with Gasteiger partial charge in [-0.05, 0) is 30.2 Å².